The van der Waals surface area contributed by atoms with Crippen molar-refractivity contribution in [2.45, 2.75) is 33.2 Å². The SMILES string of the molecule is CCOC(=O)CCN(C(=O)/C=C/c1ccc([N+](=O)[O-])cc1)C(C)C. The third-order valence-electron chi connectivity index (χ3n) is 3.29. The van der Waals surface area contributed by atoms with Gasteiger partial charge in [0, 0.05) is 30.8 Å². The van der Waals surface area contributed by atoms with Gasteiger partial charge in [-0.05, 0) is 44.5 Å². The first-order chi connectivity index (χ1) is 11.3. The minimum Gasteiger partial charge on any atom is -0.466 e. The molecule has 0 atom stereocenters. The molecule has 0 aliphatic heterocycles. The van der Waals surface area contributed by atoms with Crippen LogP contribution in [0, 0.1) is 10.1 Å². The van der Waals surface area contributed by atoms with Gasteiger partial charge >= 0.3 is 5.97 Å². The third kappa shape index (κ3) is 6.20. The number of nitro groups is 1. The minimum atomic E-state index is -0.478. The second-order valence-corrected chi connectivity index (χ2v) is 5.36. The van der Waals surface area contributed by atoms with Crippen molar-refractivity contribution in [2.24, 2.45) is 0 Å². The van der Waals surface area contributed by atoms with E-state index in [0.29, 0.717) is 12.2 Å². The summed E-state index contributed by atoms with van der Waals surface area (Å²) in [6, 6.07) is 5.84. The number of benzene rings is 1. The van der Waals surface area contributed by atoms with Gasteiger partial charge in [0.2, 0.25) is 5.91 Å². The number of carbonyl (C=O) groups excluding carboxylic acids is 2. The number of hydrogen-bond acceptors (Lipinski definition) is 5. The molecular weight excluding hydrogens is 312 g/mol. The number of hydrogen-bond donors (Lipinski definition) is 0. The molecule has 1 aromatic rings. The average molecular weight is 334 g/mol. The van der Waals surface area contributed by atoms with Gasteiger partial charge in [0.1, 0.15) is 0 Å². The van der Waals surface area contributed by atoms with Crippen molar-refractivity contribution in [1.29, 1.82) is 0 Å². The van der Waals surface area contributed by atoms with Crippen LogP contribution in [0.15, 0.2) is 30.3 Å². The Morgan fingerprint density at radius 1 is 1.29 bits per heavy atom. The van der Waals surface area contributed by atoms with Gasteiger partial charge < -0.3 is 9.64 Å². The van der Waals surface area contributed by atoms with Crippen molar-refractivity contribution in [2.75, 3.05) is 13.2 Å². The Hall–Kier alpha value is -2.70. The zero-order valence-corrected chi connectivity index (χ0v) is 14.1. The Morgan fingerprint density at radius 3 is 2.42 bits per heavy atom. The Kier molecular flexibility index (Phi) is 7.61. The van der Waals surface area contributed by atoms with Gasteiger partial charge in [-0.2, -0.15) is 0 Å². The highest BCUT2D eigenvalue weighted by molar-refractivity contribution is 5.92. The number of amides is 1. The Labute approximate surface area is 141 Å². The van der Waals surface area contributed by atoms with Gasteiger partial charge in [-0.3, -0.25) is 19.7 Å². The maximum absolute atomic E-state index is 12.3. The fourth-order valence-electron chi connectivity index (χ4n) is 2.04. The molecule has 0 bridgehead atoms. The molecule has 1 aromatic carbocycles. The summed E-state index contributed by atoms with van der Waals surface area (Å²) in [5, 5.41) is 10.6. The smallest absolute Gasteiger partial charge is 0.307 e. The van der Waals surface area contributed by atoms with E-state index in [1.807, 2.05) is 13.8 Å². The predicted octanol–water partition coefficient (Wildman–Crippen LogP) is 2.80. The maximum atomic E-state index is 12.3. The average Bonchev–Trinajstić information content (AvgIpc) is 2.53. The molecular formula is C17H22N2O5. The zero-order valence-electron chi connectivity index (χ0n) is 14.1. The number of rotatable bonds is 8. The molecule has 1 amide bonds. The van der Waals surface area contributed by atoms with Crippen LogP contribution in [-0.2, 0) is 14.3 Å². The van der Waals surface area contributed by atoms with Crippen LogP contribution in [0.4, 0.5) is 5.69 Å². The number of carbonyl (C=O) groups is 2. The van der Waals surface area contributed by atoms with Crippen molar-refractivity contribution < 1.29 is 19.2 Å². The molecule has 7 nitrogen and oxygen atoms in total. The molecule has 0 N–H and O–H groups in total. The molecule has 0 fully saturated rings. The Balaban J connectivity index is 2.70. The van der Waals surface area contributed by atoms with E-state index in [1.165, 1.54) is 18.2 Å². The van der Waals surface area contributed by atoms with E-state index < -0.39 is 4.92 Å². The van der Waals surface area contributed by atoms with Crippen LogP contribution in [0.25, 0.3) is 6.08 Å². The van der Waals surface area contributed by atoms with Crippen molar-refractivity contribution in [3.05, 3.63) is 46.0 Å². The summed E-state index contributed by atoms with van der Waals surface area (Å²) >= 11 is 0. The summed E-state index contributed by atoms with van der Waals surface area (Å²) < 4.78 is 4.86. The molecule has 0 spiro atoms. The standard InChI is InChI=1S/C17H22N2O5/c1-4-24-17(21)11-12-18(13(2)3)16(20)10-7-14-5-8-15(9-6-14)19(22)23/h5-10,13H,4,11-12H2,1-3H3/b10-7+. The number of esters is 1. The summed E-state index contributed by atoms with van der Waals surface area (Å²) in [6.45, 7) is 6.05. The Bertz CT molecular complexity index is 608. The van der Waals surface area contributed by atoms with Crippen LogP contribution in [0.1, 0.15) is 32.8 Å². The van der Waals surface area contributed by atoms with Gasteiger partial charge in [-0.1, -0.05) is 0 Å². The lowest BCUT2D eigenvalue weighted by atomic mass is 10.2. The summed E-state index contributed by atoms with van der Waals surface area (Å²) in [5.41, 5.74) is 0.680. The van der Waals surface area contributed by atoms with E-state index in [9.17, 15) is 19.7 Å². The second kappa shape index (κ2) is 9.44. The van der Waals surface area contributed by atoms with E-state index in [-0.39, 0.29) is 36.6 Å². The molecule has 24 heavy (non-hydrogen) atoms. The topological polar surface area (TPSA) is 89.8 Å². The Morgan fingerprint density at radius 2 is 1.92 bits per heavy atom. The van der Waals surface area contributed by atoms with Crippen molar-refractivity contribution in [1.82, 2.24) is 4.90 Å². The van der Waals surface area contributed by atoms with Gasteiger partial charge in [0.15, 0.2) is 0 Å². The van der Waals surface area contributed by atoms with E-state index >= 15 is 0 Å². The fourth-order valence-corrected chi connectivity index (χ4v) is 2.04. The van der Waals surface area contributed by atoms with Crippen LogP contribution < -0.4 is 0 Å². The summed E-state index contributed by atoms with van der Waals surface area (Å²) in [6.07, 6.45) is 3.13. The van der Waals surface area contributed by atoms with Crippen LogP contribution in [0.5, 0.6) is 0 Å². The van der Waals surface area contributed by atoms with Crippen LogP contribution in [0.3, 0.4) is 0 Å². The molecule has 0 unspecified atom stereocenters. The second-order valence-electron chi connectivity index (χ2n) is 5.36. The molecule has 0 aliphatic carbocycles. The molecule has 0 saturated heterocycles. The molecule has 0 aromatic heterocycles. The molecule has 0 heterocycles. The number of nitro benzene ring substituents is 1. The molecule has 7 heteroatoms. The summed E-state index contributed by atoms with van der Waals surface area (Å²) in [5.74, 6) is -0.567. The van der Waals surface area contributed by atoms with Gasteiger partial charge in [0.25, 0.3) is 5.69 Å². The normalized spacial score (nSPS) is 10.8. The largest absolute Gasteiger partial charge is 0.466 e. The molecule has 130 valence electrons. The minimum absolute atomic E-state index is 0.00304. The van der Waals surface area contributed by atoms with Gasteiger partial charge in [-0.25, -0.2) is 0 Å². The number of ether oxygens (including phenoxy) is 1. The van der Waals surface area contributed by atoms with Gasteiger partial charge in [0.05, 0.1) is 18.0 Å². The first-order valence-electron chi connectivity index (χ1n) is 7.74. The van der Waals surface area contributed by atoms with Crippen LogP contribution >= 0.6 is 0 Å². The number of non-ortho nitro benzene ring substituents is 1. The van der Waals surface area contributed by atoms with E-state index in [1.54, 1.807) is 30.0 Å². The molecule has 0 radical (unpaired) electrons. The fraction of sp³-hybridized carbons (Fsp3) is 0.412. The highest BCUT2D eigenvalue weighted by atomic mass is 16.6. The van der Waals surface area contributed by atoms with Crippen LogP contribution in [0.2, 0.25) is 0 Å². The molecule has 0 aliphatic rings. The first-order valence-corrected chi connectivity index (χ1v) is 7.74. The van der Waals surface area contributed by atoms with Crippen LogP contribution in [-0.4, -0.2) is 40.9 Å². The molecule has 0 saturated carbocycles. The lowest BCUT2D eigenvalue weighted by Crippen LogP contribution is -2.37. The van der Waals surface area contributed by atoms with Crippen molar-refractivity contribution in [3.63, 3.8) is 0 Å². The maximum Gasteiger partial charge on any atom is 0.307 e. The first kappa shape index (κ1) is 19.3. The zero-order chi connectivity index (χ0) is 18.1. The van der Waals surface area contributed by atoms with Crippen molar-refractivity contribution in [3.8, 4) is 0 Å². The van der Waals surface area contributed by atoms with E-state index in [4.69, 9.17) is 4.74 Å². The highest BCUT2D eigenvalue weighted by Gasteiger charge is 2.16. The van der Waals surface area contributed by atoms with E-state index in [0.717, 1.165) is 0 Å². The highest BCUT2D eigenvalue weighted by Crippen LogP contribution is 2.13. The van der Waals surface area contributed by atoms with Crippen molar-refractivity contribution >= 4 is 23.6 Å². The third-order valence-corrected chi connectivity index (χ3v) is 3.29. The monoisotopic (exact) mass is 334 g/mol. The van der Waals surface area contributed by atoms with Gasteiger partial charge in [-0.15, -0.1) is 0 Å². The lowest BCUT2D eigenvalue weighted by molar-refractivity contribution is -0.384. The number of nitrogens with zero attached hydrogens (tertiary/aromatic N) is 2. The quantitative estimate of drug-likeness (QED) is 0.315. The van der Waals surface area contributed by atoms with E-state index in [2.05, 4.69) is 0 Å². The summed E-state index contributed by atoms with van der Waals surface area (Å²) in [4.78, 5) is 35.4. The lowest BCUT2D eigenvalue weighted by Gasteiger charge is -2.25. The summed E-state index contributed by atoms with van der Waals surface area (Å²) in [7, 11) is 0. The molecule has 1 rings (SSSR count). The predicted molar refractivity (Wildman–Crippen MR) is 90.2 cm³/mol.